The van der Waals surface area contributed by atoms with Gasteiger partial charge in [-0.25, -0.2) is 4.79 Å². The van der Waals surface area contributed by atoms with E-state index in [-0.39, 0.29) is 17.8 Å². The monoisotopic (exact) mass is 427 g/mol. The summed E-state index contributed by atoms with van der Waals surface area (Å²) < 4.78 is 6.09. The minimum absolute atomic E-state index is 0.116. The van der Waals surface area contributed by atoms with Crippen molar-refractivity contribution in [3.8, 4) is 5.75 Å². The molecule has 0 spiro atoms. The molecule has 0 radical (unpaired) electrons. The van der Waals surface area contributed by atoms with Gasteiger partial charge in [-0.3, -0.25) is 0 Å². The van der Waals surface area contributed by atoms with Gasteiger partial charge in [0.1, 0.15) is 23.1 Å². The lowest BCUT2D eigenvalue weighted by atomic mass is 10.0. The quantitative estimate of drug-likeness (QED) is 0.493. The molecule has 1 unspecified atom stereocenters. The molecule has 1 aliphatic rings. The van der Waals surface area contributed by atoms with Crippen LogP contribution in [0.2, 0.25) is 0 Å². The fraction of sp³-hybridized carbons (Fsp3) is 0.192. The van der Waals surface area contributed by atoms with Crippen LogP contribution in [0.15, 0.2) is 89.3 Å². The normalized spacial score (nSPS) is 15.0. The second-order valence-electron chi connectivity index (χ2n) is 7.97. The summed E-state index contributed by atoms with van der Waals surface area (Å²) in [4.78, 5) is 17.2. The zero-order chi connectivity index (χ0) is 21.9. The summed E-state index contributed by atoms with van der Waals surface area (Å²) in [6, 6.07) is 26.5. The Balaban J connectivity index is 1.32. The van der Waals surface area contributed by atoms with E-state index in [0.717, 1.165) is 22.2 Å². The van der Waals surface area contributed by atoms with Crippen LogP contribution in [0.4, 0.5) is 10.5 Å². The number of fused-ring (bicyclic) bond motifs is 1. The minimum atomic E-state index is -0.375. The van der Waals surface area contributed by atoms with E-state index in [4.69, 9.17) is 4.42 Å². The molecule has 6 heteroatoms. The molecule has 4 aromatic rings. The Bertz CT molecular complexity index is 1180. The van der Waals surface area contributed by atoms with Crippen LogP contribution in [0.1, 0.15) is 17.4 Å². The summed E-state index contributed by atoms with van der Waals surface area (Å²) >= 11 is 0. The average Bonchev–Trinajstić information content (AvgIpc) is 3.27. The Labute approximate surface area is 186 Å². The number of aromatic hydroxyl groups is 1. The molecule has 162 valence electrons. The van der Waals surface area contributed by atoms with Crippen molar-refractivity contribution in [1.29, 1.82) is 0 Å². The van der Waals surface area contributed by atoms with Crippen molar-refractivity contribution in [2.45, 2.75) is 6.04 Å². The molecule has 1 atom stereocenters. The molecule has 2 heterocycles. The number of carbonyl (C=O) groups excluding carboxylic acids is 1. The maximum absolute atomic E-state index is 13.2. The molecular formula is C26H25N3O3. The highest BCUT2D eigenvalue weighted by Crippen LogP contribution is 2.29. The van der Waals surface area contributed by atoms with Gasteiger partial charge in [-0.05, 0) is 29.8 Å². The summed E-state index contributed by atoms with van der Waals surface area (Å²) in [5, 5.41) is 13.9. The van der Waals surface area contributed by atoms with Crippen LogP contribution in [0, 0.1) is 0 Å². The number of rotatable bonds is 4. The van der Waals surface area contributed by atoms with Crippen molar-refractivity contribution in [2.75, 3.05) is 31.1 Å². The predicted octanol–water partition coefficient (Wildman–Crippen LogP) is 4.76. The molecule has 1 saturated heterocycles. The van der Waals surface area contributed by atoms with Gasteiger partial charge in [0.25, 0.3) is 0 Å². The first-order chi connectivity index (χ1) is 15.7. The summed E-state index contributed by atoms with van der Waals surface area (Å²) in [6.45, 7) is 2.61. The number of anilines is 1. The van der Waals surface area contributed by atoms with E-state index in [1.807, 2.05) is 77.7 Å². The van der Waals surface area contributed by atoms with E-state index in [0.29, 0.717) is 31.9 Å². The number of amides is 2. The van der Waals surface area contributed by atoms with Gasteiger partial charge in [0, 0.05) is 43.3 Å². The van der Waals surface area contributed by atoms with E-state index in [2.05, 4.69) is 10.2 Å². The lowest BCUT2D eigenvalue weighted by molar-refractivity contribution is 0.190. The first-order valence-corrected chi connectivity index (χ1v) is 10.8. The summed E-state index contributed by atoms with van der Waals surface area (Å²) in [6.07, 6.45) is 0. The molecule has 1 aromatic heterocycles. The van der Waals surface area contributed by atoms with Crippen molar-refractivity contribution in [3.05, 3.63) is 96.3 Å². The first kappa shape index (κ1) is 20.0. The van der Waals surface area contributed by atoms with Gasteiger partial charge < -0.3 is 24.6 Å². The fourth-order valence-electron chi connectivity index (χ4n) is 4.18. The number of hydrogen-bond donors (Lipinski definition) is 2. The highest BCUT2D eigenvalue weighted by atomic mass is 16.3. The zero-order valence-electron chi connectivity index (χ0n) is 17.6. The van der Waals surface area contributed by atoms with Gasteiger partial charge in [0.15, 0.2) is 0 Å². The third-order valence-electron chi connectivity index (χ3n) is 5.89. The van der Waals surface area contributed by atoms with E-state index in [9.17, 15) is 9.90 Å². The molecule has 0 bridgehead atoms. The number of hydrogen-bond acceptors (Lipinski definition) is 4. The Morgan fingerprint density at radius 1 is 0.875 bits per heavy atom. The number of phenols is 1. The maximum atomic E-state index is 13.2. The summed E-state index contributed by atoms with van der Waals surface area (Å²) in [5.74, 6) is 0.961. The number of benzene rings is 3. The Morgan fingerprint density at radius 3 is 2.38 bits per heavy atom. The van der Waals surface area contributed by atoms with E-state index in [1.165, 1.54) is 0 Å². The molecule has 0 aliphatic carbocycles. The third-order valence-corrected chi connectivity index (χ3v) is 5.89. The Morgan fingerprint density at radius 2 is 1.62 bits per heavy atom. The number of nitrogens with one attached hydrogen (secondary N) is 1. The molecule has 2 N–H and O–H groups in total. The molecule has 0 saturated carbocycles. The van der Waals surface area contributed by atoms with E-state index < -0.39 is 0 Å². The Kier molecular flexibility index (Phi) is 5.42. The van der Waals surface area contributed by atoms with Gasteiger partial charge >= 0.3 is 6.03 Å². The van der Waals surface area contributed by atoms with Gasteiger partial charge in [-0.1, -0.05) is 54.6 Å². The smallest absolute Gasteiger partial charge is 0.318 e. The first-order valence-electron chi connectivity index (χ1n) is 10.8. The maximum Gasteiger partial charge on any atom is 0.318 e. The molecule has 6 nitrogen and oxygen atoms in total. The fourth-order valence-corrected chi connectivity index (χ4v) is 4.18. The molecule has 2 amide bonds. The van der Waals surface area contributed by atoms with E-state index in [1.54, 1.807) is 12.1 Å². The van der Waals surface area contributed by atoms with Crippen molar-refractivity contribution in [2.24, 2.45) is 0 Å². The molecule has 5 rings (SSSR count). The van der Waals surface area contributed by atoms with Gasteiger partial charge in [-0.15, -0.1) is 0 Å². The van der Waals surface area contributed by atoms with Crippen molar-refractivity contribution in [3.63, 3.8) is 0 Å². The predicted molar refractivity (Wildman–Crippen MR) is 125 cm³/mol. The van der Waals surface area contributed by atoms with Crippen LogP contribution in [0.5, 0.6) is 5.75 Å². The number of furan rings is 1. The van der Waals surface area contributed by atoms with E-state index >= 15 is 0 Å². The number of piperazine rings is 1. The summed E-state index contributed by atoms with van der Waals surface area (Å²) in [7, 11) is 0. The largest absolute Gasteiger partial charge is 0.508 e. The number of nitrogens with zero attached hydrogens (tertiary/aromatic N) is 2. The van der Waals surface area contributed by atoms with Crippen LogP contribution in [0.3, 0.4) is 0 Å². The van der Waals surface area contributed by atoms with Crippen LogP contribution >= 0.6 is 0 Å². The van der Waals surface area contributed by atoms with Gasteiger partial charge in [0.05, 0.1) is 0 Å². The third kappa shape index (κ3) is 4.12. The number of phenolic OH excluding ortho intramolecular Hbond substituents is 1. The number of para-hydroxylation sites is 1. The standard InChI is InChI=1S/C26H25N3O3/c30-22-11-6-10-21(18-22)28-13-15-29(16-14-28)26(31)27-25(19-7-2-1-3-8-19)24-17-20-9-4-5-12-23(20)32-24/h1-12,17-18,25,30H,13-16H2,(H,27,31). The van der Waals surface area contributed by atoms with Crippen molar-refractivity contribution in [1.82, 2.24) is 10.2 Å². The van der Waals surface area contributed by atoms with Crippen LogP contribution in [-0.4, -0.2) is 42.2 Å². The van der Waals surface area contributed by atoms with Crippen LogP contribution in [0.25, 0.3) is 11.0 Å². The number of carbonyl (C=O) groups is 1. The lowest BCUT2D eigenvalue weighted by Crippen LogP contribution is -2.52. The summed E-state index contributed by atoms with van der Waals surface area (Å²) in [5.41, 5.74) is 2.74. The molecule has 1 fully saturated rings. The molecule has 32 heavy (non-hydrogen) atoms. The average molecular weight is 428 g/mol. The molecule has 3 aromatic carbocycles. The Hall–Kier alpha value is -3.93. The van der Waals surface area contributed by atoms with Crippen LogP contribution in [-0.2, 0) is 0 Å². The molecular weight excluding hydrogens is 402 g/mol. The van der Waals surface area contributed by atoms with Crippen LogP contribution < -0.4 is 10.2 Å². The lowest BCUT2D eigenvalue weighted by Gasteiger charge is -2.36. The highest BCUT2D eigenvalue weighted by Gasteiger charge is 2.26. The zero-order valence-corrected chi connectivity index (χ0v) is 17.6. The highest BCUT2D eigenvalue weighted by molar-refractivity contribution is 5.79. The minimum Gasteiger partial charge on any atom is -0.508 e. The molecule has 1 aliphatic heterocycles. The number of urea groups is 1. The topological polar surface area (TPSA) is 69.0 Å². The van der Waals surface area contributed by atoms with Gasteiger partial charge in [0.2, 0.25) is 0 Å². The van der Waals surface area contributed by atoms with Gasteiger partial charge in [-0.2, -0.15) is 0 Å². The second kappa shape index (κ2) is 8.67. The van der Waals surface area contributed by atoms with Crippen molar-refractivity contribution < 1.29 is 14.3 Å². The second-order valence-corrected chi connectivity index (χ2v) is 7.97. The SMILES string of the molecule is O=C(NC(c1ccccc1)c1cc2ccccc2o1)N1CCN(c2cccc(O)c2)CC1. The van der Waals surface area contributed by atoms with Crippen molar-refractivity contribution >= 4 is 22.7 Å².